The van der Waals surface area contributed by atoms with E-state index in [1.807, 2.05) is 12.1 Å². The van der Waals surface area contributed by atoms with Gasteiger partial charge in [-0.1, -0.05) is 36.4 Å². The molecule has 7 rings (SSSR count). The van der Waals surface area contributed by atoms with E-state index in [2.05, 4.69) is 84.9 Å². The predicted molar refractivity (Wildman–Crippen MR) is 140 cm³/mol. The molecule has 7 aromatic rings. The number of hydrogen-bond donors (Lipinski definition) is 1. The van der Waals surface area contributed by atoms with Crippen LogP contribution >= 0.6 is 0 Å². The maximum Gasteiger partial charge on any atom is 0.249 e. The second kappa shape index (κ2) is 6.54. The molecular weight excluding hydrogens is 402 g/mol. The number of carbonyl (C=O) groups excluding carboxylic acids is 1. The highest BCUT2D eigenvalue weighted by molar-refractivity contribution is 6.14. The zero-order valence-electron chi connectivity index (χ0n) is 17.8. The fraction of sp³-hybridized carbons (Fsp3) is 0. The molecule has 0 saturated carbocycles. The average Bonchev–Trinajstić information content (AvgIpc) is 2.82. The number of hydrogen-bond acceptors (Lipinski definition) is 1. The Bertz CT molecular complexity index is 1950. The van der Waals surface area contributed by atoms with Crippen molar-refractivity contribution < 1.29 is 4.79 Å². The quantitative estimate of drug-likeness (QED) is 0.271. The van der Waals surface area contributed by atoms with Gasteiger partial charge in [-0.15, -0.1) is 0 Å². The van der Waals surface area contributed by atoms with Crippen LogP contribution in [-0.4, -0.2) is 5.91 Å². The first-order chi connectivity index (χ1) is 16.1. The molecule has 0 spiro atoms. The third kappa shape index (κ3) is 2.78. The minimum atomic E-state index is -0.397. The van der Waals surface area contributed by atoms with Crippen molar-refractivity contribution in [1.29, 1.82) is 0 Å². The van der Waals surface area contributed by atoms with Crippen LogP contribution < -0.4 is 5.73 Å². The van der Waals surface area contributed by atoms with Crippen molar-refractivity contribution in [2.45, 2.75) is 0 Å². The minimum Gasteiger partial charge on any atom is -0.366 e. The lowest BCUT2D eigenvalue weighted by Gasteiger charge is -2.10. The van der Waals surface area contributed by atoms with Crippen LogP contribution in [0.1, 0.15) is 10.4 Å². The smallest absolute Gasteiger partial charge is 0.249 e. The highest BCUT2D eigenvalue weighted by Gasteiger charge is 2.09. The molecule has 0 aliphatic heterocycles. The third-order valence-electron chi connectivity index (χ3n) is 6.83. The summed E-state index contributed by atoms with van der Waals surface area (Å²) in [6.07, 6.45) is 0. The van der Waals surface area contributed by atoms with Gasteiger partial charge in [0, 0.05) is 5.56 Å². The number of benzene rings is 7. The van der Waals surface area contributed by atoms with E-state index < -0.39 is 5.91 Å². The van der Waals surface area contributed by atoms with Crippen molar-refractivity contribution in [3.05, 3.63) is 109 Å². The number of amides is 1. The molecule has 33 heavy (non-hydrogen) atoms. The lowest BCUT2D eigenvalue weighted by molar-refractivity contribution is 0.100. The second-order valence-electron chi connectivity index (χ2n) is 8.89. The van der Waals surface area contributed by atoms with Gasteiger partial charge in [0.25, 0.3) is 0 Å². The Morgan fingerprint density at radius 1 is 0.424 bits per heavy atom. The van der Waals surface area contributed by atoms with Gasteiger partial charge >= 0.3 is 0 Å². The first kappa shape index (κ1) is 18.2. The predicted octanol–water partition coefficient (Wildman–Crippen LogP) is 7.70. The first-order valence-corrected chi connectivity index (χ1v) is 11.1. The summed E-state index contributed by atoms with van der Waals surface area (Å²) in [6.45, 7) is 0. The molecule has 0 aromatic heterocycles. The molecule has 2 nitrogen and oxygen atoms in total. The van der Waals surface area contributed by atoms with E-state index in [9.17, 15) is 4.79 Å². The van der Waals surface area contributed by atoms with Gasteiger partial charge in [-0.25, -0.2) is 0 Å². The normalized spacial score (nSPS) is 11.9. The van der Waals surface area contributed by atoms with Crippen LogP contribution in [0.5, 0.6) is 0 Å². The zero-order chi connectivity index (χ0) is 22.1. The fourth-order valence-corrected chi connectivity index (χ4v) is 5.19. The topological polar surface area (TPSA) is 43.1 Å². The van der Waals surface area contributed by atoms with Gasteiger partial charge < -0.3 is 5.73 Å². The van der Waals surface area contributed by atoms with E-state index >= 15 is 0 Å². The first-order valence-electron chi connectivity index (χ1n) is 11.1. The maximum absolute atomic E-state index is 11.9. The van der Waals surface area contributed by atoms with E-state index in [4.69, 9.17) is 5.73 Å². The second-order valence-corrected chi connectivity index (χ2v) is 8.89. The van der Waals surface area contributed by atoms with Gasteiger partial charge in [0.2, 0.25) is 5.91 Å². The van der Waals surface area contributed by atoms with Crippen molar-refractivity contribution in [1.82, 2.24) is 0 Å². The van der Waals surface area contributed by atoms with Gasteiger partial charge in [-0.2, -0.15) is 0 Å². The standard InChI is InChI=1S/C31H19NO/c32-31(33)29-7-3-6-20-10-23-13-26-14-24-11-21-8-18-4-1-2-5-19(18)9-22(21)12-25(24)15-27(26)16-28(23)17-30(20)29/h1-17H,(H2,32,33). The number of fused-ring (bicyclic) bond motifs is 6. The Hall–Kier alpha value is -4.43. The van der Waals surface area contributed by atoms with Crippen LogP contribution in [0.25, 0.3) is 64.6 Å². The Kier molecular flexibility index (Phi) is 3.60. The number of nitrogens with two attached hydrogens (primary N) is 1. The number of primary amides is 1. The third-order valence-corrected chi connectivity index (χ3v) is 6.83. The lowest BCUT2D eigenvalue weighted by Crippen LogP contribution is -2.11. The monoisotopic (exact) mass is 421 g/mol. The fourth-order valence-electron chi connectivity index (χ4n) is 5.19. The minimum absolute atomic E-state index is 0.397. The molecule has 0 fully saturated rings. The van der Waals surface area contributed by atoms with E-state index in [1.54, 1.807) is 6.07 Å². The molecule has 2 heteroatoms. The van der Waals surface area contributed by atoms with E-state index in [1.165, 1.54) is 43.1 Å². The summed E-state index contributed by atoms with van der Waals surface area (Å²) in [6, 6.07) is 36.6. The zero-order valence-corrected chi connectivity index (χ0v) is 17.8. The summed E-state index contributed by atoms with van der Waals surface area (Å²) < 4.78 is 0. The van der Waals surface area contributed by atoms with Crippen molar-refractivity contribution >= 4 is 70.5 Å². The van der Waals surface area contributed by atoms with E-state index in [0.717, 1.165) is 21.5 Å². The van der Waals surface area contributed by atoms with Crippen LogP contribution in [0.4, 0.5) is 0 Å². The van der Waals surface area contributed by atoms with E-state index in [0.29, 0.717) is 5.56 Å². The molecule has 0 saturated heterocycles. The molecule has 2 N–H and O–H groups in total. The molecule has 0 unspecified atom stereocenters. The van der Waals surface area contributed by atoms with Crippen molar-refractivity contribution in [3.63, 3.8) is 0 Å². The maximum atomic E-state index is 11.9. The van der Waals surface area contributed by atoms with Crippen LogP contribution in [0.3, 0.4) is 0 Å². The SMILES string of the molecule is NC(=O)c1cccc2cc3cc4cc5cc6cc7ccccc7cc6cc5cc4cc3cc12. The Morgan fingerprint density at radius 2 is 0.788 bits per heavy atom. The highest BCUT2D eigenvalue weighted by Crippen LogP contribution is 2.33. The average molecular weight is 421 g/mol. The van der Waals surface area contributed by atoms with Crippen molar-refractivity contribution in [3.8, 4) is 0 Å². The van der Waals surface area contributed by atoms with Crippen molar-refractivity contribution in [2.24, 2.45) is 5.73 Å². The van der Waals surface area contributed by atoms with Gasteiger partial charge in [0.05, 0.1) is 0 Å². The van der Waals surface area contributed by atoms with E-state index in [-0.39, 0.29) is 0 Å². The van der Waals surface area contributed by atoms with Crippen LogP contribution in [0.2, 0.25) is 0 Å². The van der Waals surface area contributed by atoms with Crippen LogP contribution in [0.15, 0.2) is 103 Å². The summed E-state index contributed by atoms with van der Waals surface area (Å²) in [4.78, 5) is 11.9. The molecule has 0 aliphatic carbocycles. The Labute approximate surface area is 189 Å². The Morgan fingerprint density at radius 3 is 1.24 bits per heavy atom. The number of carbonyl (C=O) groups is 1. The summed E-state index contributed by atoms with van der Waals surface area (Å²) >= 11 is 0. The molecular formula is C31H19NO. The molecule has 0 bridgehead atoms. The summed E-state index contributed by atoms with van der Waals surface area (Å²) in [5, 5.41) is 14.1. The lowest BCUT2D eigenvalue weighted by atomic mass is 9.94. The molecule has 0 atom stereocenters. The van der Waals surface area contributed by atoms with Gasteiger partial charge in [-0.3, -0.25) is 4.79 Å². The molecule has 0 heterocycles. The molecule has 154 valence electrons. The Balaban J connectivity index is 1.52. The highest BCUT2D eigenvalue weighted by atomic mass is 16.1. The molecule has 0 aliphatic rings. The van der Waals surface area contributed by atoms with Crippen molar-refractivity contribution in [2.75, 3.05) is 0 Å². The van der Waals surface area contributed by atoms with Crippen LogP contribution in [-0.2, 0) is 0 Å². The number of rotatable bonds is 1. The van der Waals surface area contributed by atoms with Gasteiger partial charge in [0.1, 0.15) is 0 Å². The largest absolute Gasteiger partial charge is 0.366 e. The van der Waals surface area contributed by atoms with Gasteiger partial charge in [-0.05, 0) is 131 Å². The molecule has 7 aromatic carbocycles. The van der Waals surface area contributed by atoms with Gasteiger partial charge in [0.15, 0.2) is 0 Å². The summed E-state index contributed by atoms with van der Waals surface area (Å²) in [5.74, 6) is -0.397. The van der Waals surface area contributed by atoms with Crippen LogP contribution in [0, 0.1) is 0 Å². The molecule has 1 amide bonds. The summed E-state index contributed by atoms with van der Waals surface area (Å²) in [5.41, 5.74) is 6.18. The summed E-state index contributed by atoms with van der Waals surface area (Å²) in [7, 11) is 0. The molecule has 0 radical (unpaired) electrons.